The van der Waals surface area contributed by atoms with Gasteiger partial charge in [-0.05, 0) is 81.8 Å². The van der Waals surface area contributed by atoms with Crippen molar-refractivity contribution in [2.45, 2.75) is 58.7 Å². The highest BCUT2D eigenvalue weighted by atomic mass is 32.2. The van der Waals surface area contributed by atoms with Crippen molar-refractivity contribution in [2.24, 2.45) is 0 Å². The fourth-order valence-electron chi connectivity index (χ4n) is 4.96. The van der Waals surface area contributed by atoms with Gasteiger partial charge in [0.15, 0.2) is 11.0 Å². The molecule has 11 heteroatoms. The molecule has 1 aliphatic carbocycles. The number of esters is 1. The lowest BCUT2D eigenvalue weighted by Gasteiger charge is -2.14. The summed E-state index contributed by atoms with van der Waals surface area (Å²) in [7, 11) is 0. The van der Waals surface area contributed by atoms with Crippen LogP contribution in [0.5, 0.6) is 0 Å². The van der Waals surface area contributed by atoms with Gasteiger partial charge in [0.05, 0.1) is 30.2 Å². The van der Waals surface area contributed by atoms with Crippen molar-refractivity contribution in [1.82, 2.24) is 20.1 Å². The monoisotopic (exact) mass is 603 g/mol. The maximum atomic E-state index is 13.1. The van der Waals surface area contributed by atoms with Crippen LogP contribution >= 0.6 is 23.1 Å². The van der Waals surface area contributed by atoms with Crippen molar-refractivity contribution in [3.8, 4) is 5.69 Å². The van der Waals surface area contributed by atoms with Crippen molar-refractivity contribution in [1.29, 1.82) is 0 Å². The molecule has 4 aromatic rings. The van der Waals surface area contributed by atoms with Gasteiger partial charge in [0.2, 0.25) is 5.91 Å². The fraction of sp³-hybridized carbons (Fsp3) is 0.323. The number of amides is 2. The van der Waals surface area contributed by atoms with E-state index < -0.39 is 5.97 Å². The molecule has 0 saturated carbocycles. The van der Waals surface area contributed by atoms with Crippen LogP contribution in [-0.2, 0) is 28.9 Å². The Hall–Kier alpha value is -3.96. The second kappa shape index (κ2) is 12.9. The number of carbonyl (C=O) groups is 3. The number of hydrogen-bond acceptors (Lipinski definition) is 8. The number of thioether (sulfide) groups is 1. The lowest BCUT2D eigenvalue weighted by molar-refractivity contribution is -0.113. The molecule has 2 N–H and O–H groups in total. The van der Waals surface area contributed by atoms with E-state index >= 15 is 0 Å². The molecule has 5 rings (SSSR count). The highest BCUT2D eigenvalue weighted by molar-refractivity contribution is 7.99. The molecule has 2 aromatic carbocycles. The first-order valence-electron chi connectivity index (χ1n) is 13.9. The largest absolute Gasteiger partial charge is 0.462 e. The van der Waals surface area contributed by atoms with Gasteiger partial charge in [0.25, 0.3) is 5.91 Å². The first kappa shape index (κ1) is 29.5. The van der Waals surface area contributed by atoms with Crippen LogP contribution < -0.4 is 10.6 Å². The fourth-order valence-corrected chi connectivity index (χ4v) is 7.02. The van der Waals surface area contributed by atoms with Crippen molar-refractivity contribution in [2.75, 3.05) is 17.7 Å². The summed E-state index contributed by atoms with van der Waals surface area (Å²) in [5, 5.41) is 15.7. The average Bonchev–Trinajstić information content (AvgIpc) is 3.66. The van der Waals surface area contributed by atoms with Gasteiger partial charge in [-0.3, -0.25) is 14.2 Å². The van der Waals surface area contributed by atoms with Crippen LogP contribution in [0.25, 0.3) is 5.69 Å². The van der Waals surface area contributed by atoms with Crippen LogP contribution in [0.15, 0.2) is 47.6 Å². The van der Waals surface area contributed by atoms with E-state index in [2.05, 4.69) is 20.8 Å². The molecule has 0 fully saturated rings. The number of aromatic nitrogens is 3. The van der Waals surface area contributed by atoms with Crippen LogP contribution in [0.3, 0.4) is 0 Å². The summed E-state index contributed by atoms with van der Waals surface area (Å²) in [5.74, 6) is -0.249. The molecule has 0 radical (unpaired) electrons. The van der Waals surface area contributed by atoms with Gasteiger partial charge in [-0.2, -0.15) is 0 Å². The summed E-state index contributed by atoms with van der Waals surface area (Å²) >= 11 is 2.70. The Kier molecular flexibility index (Phi) is 9.08. The number of aryl methyl sites for hydroxylation is 4. The van der Waals surface area contributed by atoms with Gasteiger partial charge in [-0.1, -0.05) is 41.6 Å². The predicted molar refractivity (Wildman–Crippen MR) is 165 cm³/mol. The molecule has 1 aliphatic rings. The Morgan fingerprint density at radius 2 is 1.86 bits per heavy atom. The summed E-state index contributed by atoms with van der Waals surface area (Å²) in [4.78, 5) is 39.8. The number of rotatable bonds is 10. The van der Waals surface area contributed by atoms with Gasteiger partial charge in [0, 0.05) is 10.4 Å². The molecule has 2 heterocycles. The third kappa shape index (κ3) is 6.42. The molecule has 218 valence electrons. The number of benzene rings is 2. The maximum Gasteiger partial charge on any atom is 0.341 e. The standard InChI is InChI=1S/C31H33N5O4S2/c1-5-40-30(39)27-22-10-7-11-24(22)42-29(27)33-26(37)17-41-31-35-34-25(36(31)23-15-19(3)12-13-20(23)4)16-32-28(38)21-9-6-8-18(2)14-21/h6,8-9,12-15H,5,7,10-11,16-17H2,1-4H3,(H,32,38)(H,33,37). The molecule has 0 bridgehead atoms. The van der Waals surface area contributed by atoms with Crippen LogP contribution in [0.1, 0.15) is 67.0 Å². The van der Waals surface area contributed by atoms with E-state index in [1.807, 2.05) is 61.7 Å². The number of carbonyl (C=O) groups excluding carboxylic acids is 3. The number of nitrogens with zero attached hydrogens (tertiary/aromatic N) is 3. The highest BCUT2D eigenvalue weighted by Crippen LogP contribution is 2.39. The highest BCUT2D eigenvalue weighted by Gasteiger charge is 2.28. The summed E-state index contributed by atoms with van der Waals surface area (Å²) in [6.07, 6.45) is 2.71. The van der Waals surface area contributed by atoms with Gasteiger partial charge < -0.3 is 15.4 Å². The molecule has 42 heavy (non-hydrogen) atoms. The third-order valence-electron chi connectivity index (χ3n) is 6.98. The number of anilines is 1. The zero-order chi connectivity index (χ0) is 29.8. The molecule has 2 aromatic heterocycles. The number of thiophene rings is 1. The molecular weight excluding hydrogens is 571 g/mol. The van der Waals surface area contributed by atoms with Crippen LogP contribution in [-0.4, -0.2) is 44.9 Å². The zero-order valence-electron chi connectivity index (χ0n) is 24.1. The van der Waals surface area contributed by atoms with E-state index in [4.69, 9.17) is 4.74 Å². The minimum absolute atomic E-state index is 0.0590. The van der Waals surface area contributed by atoms with Crippen molar-refractivity contribution >= 4 is 45.9 Å². The minimum Gasteiger partial charge on any atom is -0.462 e. The number of ether oxygens (including phenoxy) is 1. The Bertz CT molecular complexity index is 1660. The van der Waals surface area contributed by atoms with E-state index in [1.165, 1.54) is 23.1 Å². The average molecular weight is 604 g/mol. The van der Waals surface area contributed by atoms with E-state index in [-0.39, 0.29) is 30.7 Å². The lowest BCUT2D eigenvalue weighted by atomic mass is 10.1. The van der Waals surface area contributed by atoms with Crippen molar-refractivity contribution < 1.29 is 19.1 Å². The minimum atomic E-state index is -0.396. The number of fused-ring (bicyclic) bond motifs is 1. The van der Waals surface area contributed by atoms with E-state index in [1.54, 1.807) is 13.0 Å². The Balaban J connectivity index is 1.35. The molecule has 0 aliphatic heterocycles. The molecule has 2 amide bonds. The Morgan fingerprint density at radius 1 is 1.05 bits per heavy atom. The molecule has 0 atom stereocenters. The molecule has 0 unspecified atom stereocenters. The quantitative estimate of drug-likeness (QED) is 0.180. The van der Waals surface area contributed by atoms with Crippen LogP contribution in [0, 0.1) is 20.8 Å². The smallest absolute Gasteiger partial charge is 0.341 e. The van der Waals surface area contributed by atoms with Crippen molar-refractivity contribution in [3.63, 3.8) is 0 Å². The van der Waals surface area contributed by atoms with Gasteiger partial charge in [-0.15, -0.1) is 21.5 Å². The van der Waals surface area contributed by atoms with E-state index in [0.29, 0.717) is 27.1 Å². The Labute approximate surface area is 253 Å². The normalized spacial score (nSPS) is 12.2. The topological polar surface area (TPSA) is 115 Å². The predicted octanol–water partition coefficient (Wildman–Crippen LogP) is 5.58. The molecule has 0 spiro atoms. The number of nitrogens with one attached hydrogen (secondary N) is 2. The summed E-state index contributed by atoms with van der Waals surface area (Å²) in [5.41, 5.74) is 5.99. The SMILES string of the molecule is CCOC(=O)c1c(NC(=O)CSc2nnc(CNC(=O)c3cccc(C)c3)n2-c2cc(C)ccc2C)sc2c1CCC2. The second-order valence-electron chi connectivity index (χ2n) is 10.2. The first-order valence-corrected chi connectivity index (χ1v) is 15.7. The van der Waals surface area contributed by atoms with Gasteiger partial charge in [0.1, 0.15) is 5.00 Å². The molecule has 0 saturated heterocycles. The zero-order valence-corrected chi connectivity index (χ0v) is 25.7. The second-order valence-corrected chi connectivity index (χ2v) is 12.2. The lowest BCUT2D eigenvalue weighted by Crippen LogP contribution is -2.25. The van der Waals surface area contributed by atoms with Gasteiger partial charge in [-0.25, -0.2) is 4.79 Å². The summed E-state index contributed by atoms with van der Waals surface area (Å²) in [6, 6.07) is 13.5. The van der Waals surface area contributed by atoms with Crippen molar-refractivity contribution in [3.05, 3.63) is 86.5 Å². The van der Waals surface area contributed by atoms with E-state index in [9.17, 15) is 14.4 Å². The van der Waals surface area contributed by atoms with Crippen LogP contribution in [0.2, 0.25) is 0 Å². The number of hydrogen-bond donors (Lipinski definition) is 2. The van der Waals surface area contributed by atoms with Gasteiger partial charge >= 0.3 is 5.97 Å². The third-order valence-corrected chi connectivity index (χ3v) is 9.12. The van der Waals surface area contributed by atoms with E-state index in [0.717, 1.165) is 52.1 Å². The Morgan fingerprint density at radius 3 is 2.64 bits per heavy atom. The first-order chi connectivity index (χ1) is 20.2. The summed E-state index contributed by atoms with van der Waals surface area (Å²) in [6.45, 7) is 8.15. The maximum absolute atomic E-state index is 13.1. The summed E-state index contributed by atoms with van der Waals surface area (Å²) < 4.78 is 7.17. The van der Waals surface area contributed by atoms with Crippen LogP contribution in [0.4, 0.5) is 5.00 Å². The molecular formula is C31H33N5O4S2. The molecule has 9 nitrogen and oxygen atoms in total.